The number of anilines is 1. The fourth-order valence-electron chi connectivity index (χ4n) is 4.34. The molecule has 1 atom stereocenters. The molecule has 2 heteroatoms. The lowest BCUT2D eigenvalue weighted by Crippen LogP contribution is -2.27. The highest BCUT2D eigenvalue weighted by molar-refractivity contribution is 5.50. The Morgan fingerprint density at radius 1 is 1.05 bits per heavy atom. The van der Waals surface area contributed by atoms with E-state index in [1.54, 1.807) is 11.1 Å². The molecule has 0 amide bonds. The van der Waals surface area contributed by atoms with E-state index >= 15 is 0 Å². The van der Waals surface area contributed by atoms with Crippen LogP contribution in [0.5, 0.6) is 0 Å². The predicted octanol–water partition coefficient (Wildman–Crippen LogP) is 4.08. The molecule has 1 unspecified atom stereocenters. The third-order valence-corrected chi connectivity index (χ3v) is 5.49. The Kier molecular flexibility index (Phi) is 3.22. The molecule has 3 aliphatic rings. The first kappa shape index (κ1) is 12.7. The van der Waals surface area contributed by atoms with Crippen molar-refractivity contribution < 1.29 is 4.74 Å². The van der Waals surface area contributed by atoms with Gasteiger partial charge in [-0.15, -0.1) is 0 Å². The van der Waals surface area contributed by atoms with Crippen LogP contribution in [0.4, 0.5) is 5.69 Å². The van der Waals surface area contributed by atoms with E-state index in [2.05, 4.69) is 23.5 Å². The summed E-state index contributed by atoms with van der Waals surface area (Å²) in [4.78, 5) is 0. The van der Waals surface area contributed by atoms with Gasteiger partial charge in [0.15, 0.2) is 0 Å². The van der Waals surface area contributed by atoms with Crippen molar-refractivity contribution in [3.05, 3.63) is 29.3 Å². The number of hydrogen-bond donors (Lipinski definition) is 1. The molecule has 1 aliphatic heterocycles. The van der Waals surface area contributed by atoms with Crippen LogP contribution >= 0.6 is 0 Å². The van der Waals surface area contributed by atoms with Crippen LogP contribution in [0, 0.1) is 0 Å². The minimum atomic E-state index is 0.268. The minimum Gasteiger partial charge on any atom is -0.382 e. The maximum absolute atomic E-state index is 6.36. The summed E-state index contributed by atoms with van der Waals surface area (Å²) >= 11 is 0. The Labute approximate surface area is 121 Å². The Bertz CT molecular complexity index is 490. The number of nitrogens with one attached hydrogen (secondary N) is 1. The van der Waals surface area contributed by atoms with Crippen LogP contribution in [0.25, 0.3) is 0 Å². The molecule has 1 saturated heterocycles. The van der Waals surface area contributed by atoms with Crippen molar-refractivity contribution in [3.8, 4) is 0 Å². The second-order valence-electron chi connectivity index (χ2n) is 6.89. The molecule has 1 N–H and O–H groups in total. The summed E-state index contributed by atoms with van der Waals surface area (Å²) in [5.41, 5.74) is 4.65. The zero-order valence-electron chi connectivity index (χ0n) is 12.3. The van der Waals surface area contributed by atoms with E-state index in [-0.39, 0.29) is 5.60 Å². The lowest BCUT2D eigenvalue weighted by Gasteiger charge is -2.24. The van der Waals surface area contributed by atoms with Crippen molar-refractivity contribution in [2.24, 2.45) is 0 Å². The molecule has 1 spiro atoms. The Hall–Kier alpha value is -1.02. The molecule has 2 nitrogen and oxygen atoms in total. The monoisotopic (exact) mass is 271 g/mol. The average Bonchev–Trinajstić information content (AvgIpc) is 3.19. The molecule has 0 bridgehead atoms. The zero-order chi connectivity index (χ0) is 13.4. The van der Waals surface area contributed by atoms with Gasteiger partial charge in [-0.1, -0.05) is 18.9 Å². The second kappa shape index (κ2) is 5.07. The number of aryl methyl sites for hydroxylation is 2. The van der Waals surface area contributed by atoms with Gasteiger partial charge in [-0.05, 0) is 68.2 Å². The molecule has 1 aromatic rings. The lowest BCUT2D eigenvalue weighted by molar-refractivity contribution is -0.0307. The molecule has 1 saturated carbocycles. The van der Waals surface area contributed by atoms with Crippen molar-refractivity contribution in [3.63, 3.8) is 0 Å². The predicted molar refractivity (Wildman–Crippen MR) is 82.3 cm³/mol. The number of fused-ring (bicyclic) bond motifs is 1. The summed E-state index contributed by atoms with van der Waals surface area (Å²) in [6, 6.07) is 6.89. The number of benzene rings is 1. The first-order valence-corrected chi connectivity index (χ1v) is 8.37. The Morgan fingerprint density at radius 2 is 1.90 bits per heavy atom. The first-order chi connectivity index (χ1) is 9.83. The topological polar surface area (TPSA) is 21.3 Å². The average molecular weight is 271 g/mol. The van der Waals surface area contributed by atoms with Crippen molar-refractivity contribution in [1.82, 2.24) is 0 Å². The SMILES string of the molecule is c1cc2c(cc1NCC1CCC3(CCCC3)O1)CCC2. The third-order valence-electron chi connectivity index (χ3n) is 5.49. The molecule has 1 aromatic carbocycles. The van der Waals surface area contributed by atoms with Crippen molar-refractivity contribution in [2.75, 3.05) is 11.9 Å². The summed E-state index contributed by atoms with van der Waals surface area (Å²) in [5, 5.41) is 3.60. The lowest BCUT2D eigenvalue weighted by atomic mass is 9.98. The molecule has 2 aliphatic carbocycles. The summed E-state index contributed by atoms with van der Waals surface area (Å²) in [7, 11) is 0. The van der Waals surface area contributed by atoms with Crippen LogP contribution in [0.3, 0.4) is 0 Å². The van der Waals surface area contributed by atoms with E-state index in [4.69, 9.17) is 4.74 Å². The van der Waals surface area contributed by atoms with Crippen LogP contribution in [0.1, 0.15) is 56.1 Å². The highest BCUT2D eigenvalue weighted by Crippen LogP contribution is 2.43. The van der Waals surface area contributed by atoms with E-state index in [9.17, 15) is 0 Å². The van der Waals surface area contributed by atoms with E-state index < -0.39 is 0 Å². The summed E-state index contributed by atoms with van der Waals surface area (Å²) in [6.07, 6.45) is 12.1. The maximum Gasteiger partial charge on any atom is 0.0756 e. The van der Waals surface area contributed by atoms with Gasteiger partial charge in [0.2, 0.25) is 0 Å². The molecule has 108 valence electrons. The molecule has 1 heterocycles. The van der Waals surface area contributed by atoms with E-state index in [0.29, 0.717) is 6.10 Å². The standard InChI is InChI=1S/C18H25NO/c1-2-10-18(9-1)11-8-17(20-18)13-19-16-7-6-14-4-3-5-15(14)12-16/h6-7,12,17,19H,1-5,8-11,13H2. The van der Waals surface area contributed by atoms with Crippen molar-refractivity contribution in [2.45, 2.75) is 69.5 Å². The van der Waals surface area contributed by atoms with Gasteiger partial charge >= 0.3 is 0 Å². The van der Waals surface area contributed by atoms with Gasteiger partial charge in [-0.25, -0.2) is 0 Å². The van der Waals surface area contributed by atoms with Gasteiger partial charge in [0.1, 0.15) is 0 Å². The summed E-state index contributed by atoms with van der Waals surface area (Å²) in [6.45, 7) is 0.973. The van der Waals surface area contributed by atoms with Gasteiger partial charge < -0.3 is 10.1 Å². The second-order valence-corrected chi connectivity index (χ2v) is 6.89. The molecular formula is C18H25NO. The van der Waals surface area contributed by atoms with Crippen molar-refractivity contribution in [1.29, 1.82) is 0 Å². The smallest absolute Gasteiger partial charge is 0.0756 e. The van der Waals surface area contributed by atoms with Gasteiger partial charge in [0.05, 0.1) is 11.7 Å². The van der Waals surface area contributed by atoms with E-state index in [1.807, 2.05) is 0 Å². The van der Waals surface area contributed by atoms with Gasteiger partial charge in [0.25, 0.3) is 0 Å². The normalized spacial score (nSPS) is 27.1. The number of ether oxygens (including phenoxy) is 1. The molecule has 2 fully saturated rings. The highest BCUT2D eigenvalue weighted by Gasteiger charge is 2.41. The van der Waals surface area contributed by atoms with E-state index in [0.717, 1.165) is 6.54 Å². The zero-order valence-corrected chi connectivity index (χ0v) is 12.3. The highest BCUT2D eigenvalue weighted by atomic mass is 16.5. The fourth-order valence-corrected chi connectivity index (χ4v) is 4.34. The Balaban J connectivity index is 1.34. The first-order valence-electron chi connectivity index (χ1n) is 8.37. The molecular weight excluding hydrogens is 246 g/mol. The number of rotatable bonds is 3. The van der Waals surface area contributed by atoms with E-state index in [1.165, 1.54) is 63.5 Å². The Morgan fingerprint density at radius 3 is 2.80 bits per heavy atom. The van der Waals surface area contributed by atoms with Crippen LogP contribution in [-0.4, -0.2) is 18.2 Å². The van der Waals surface area contributed by atoms with Gasteiger partial charge in [-0.2, -0.15) is 0 Å². The van der Waals surface area contributed by atoms with Gasteiger partial charge in [0, 0.05) is 12.2 Å². The number of hydrogen-bond acceptors (Lipinski definition) is 2. The molecule has 4 rings (SSSR count). The minimum absolute atomic E-state index is 0.268. The third kappa shape index (κ3) is 2.35. The quantitative estimate of drug-likeness (QED) is 0.894. The molecule has 0 aromatic heterocycles. The molecule has 20 heavy (non-hydrogen) atoms. The fraction of sp³-hybridized carbons (Fsp3) is 0.667. The summed E-state index contributed by atoms with van der Waals surface area (Å²) < 4.78 is 6.36. The van der Waals surface area contributed by atoms with Crippen LogP contribution < -0.4 is 5.32 Å². The van der Waals surface area contributed by atoms with Crippen molar-refractivity contribution >= 4 is 5.69 Å². The summed E-state index contributed by atoms with van der Waals surface area (Å²) in [5.74, 6) is 0. The largest absolute Gasteiger partial charge is 0.382 e. The van der Waals surface area contributed by atoms with Crippen LogP contribution in [0.2, 0.25) is 0 Å². The van der Waals surface area contributed by atoms with Crippen LogP contribution in [-0.2, 0) is 17.6 Å². The van der Waals surface area contributed by atoms with Crippen LogP contribution in [0.15, 0.2) is 18.2 Å². The maximum atomic E-state index is 6.36. The van der Waals surface area contributed by atoms with Gasteiger partial charge in [-0.3, -0.25) is 0 Å². The molecule has 0 radical (unpaired) electrons.